The lowest BCUT2D eigenvalue weighted by atomic mass is 10.0. The molecule has 33 heavy (non-hydrogen) atoms. The number of aromatic amines is 1. The number of H-pyrrole nitrogens is 1. The van der Waals surface area contributed by atoms with Gasteiger partial charge in [0.15, 0.2) is 0 Å². The summed E-state index contributed by atoms with van der Waals surface area (Å²) in [4.78, 5) is 38.6. The number of carbonyl (C=O) groups is 1. The Bertz CT molecular complexity index is 1250. The van der Waals surface area contributed by atoms with Crippen LogP contribution in [0, 0.1) is 13.8 Å². The zero-order valence-corrected chi connectivity index (χ0v) is 18.9. The monoisotopic (exact) mass is 484 g/mol. The molecule has 0 aliphatic carbocycles. The maximum atomic E-state index is 12.5. The van der Waals surface area contributed by atoms with Crippen molar-refractivity contribution in [2.45, 2.75) is 37.9 Å². The topological polar surface area (TPSA) is 174 Å². The highest BCUT2D eigenvalue weighted by atomic mass is 32.2. The number of hydrogen-bond donors (Lipinski definition) is 3. The van der Waals surface area contributed by atoms with Crippen molar-refractivity contribution >= 4 is 16.1 Å². The summed E-state index contributed by atoms with van der Waals surface area (Å²) in [6, 6.07) is 6.51. The van der Waals surface area contributed by atoms with E-state index in [2.05, 4.69) is 0 Å². The molecular formula is C20H24N2O10S. The number of nitrogens with zero attached hydrogens (tertiary/aromatic N) is 1. The fourth-order valence-electron chi connectivity index (χ4n) is 3.36. The Hall–Kier alpha value is -2.84. The third kappa shape index (κ3) is 5.23. The first kappa shape index (κ1) is 24.8. The number of benzene rings is 1. The van der Waals surface area contributed by atoms with Crippen molar-refractivity contribution in [3.63, 3.8) is 0 Å². The van der Waals surface area contributed by atoms with Crippen LogP contribution >= 0.6 is 0 Å². The van der Waals surface area contributed by atoms with Crippen LogP contribution in [0.15, 0.2) is 40.1 Å². The van der Waals surface area contributed by atoms with E-state index in [1.54, 1.807) is 24.3 Å². The van der Waals surface area contributed by atoms with Crippen molar-refractivity contribution in [2.75, 3.05) is 19.5 Å². The molecule has 1 aromatic heterocycles. The molecule has 1 aliphatic heterocycles. The summed E-state index contributed by atoms with van der Waals surface area (Å²) in [6.45, 7) is 1.79. The molecule has 1 aliphatic rings. The summed E-state index contributed by atoms with van der Waals surface area (Å²) in [7, 11) is -4.06. The molecule has 2 heterocycles. The third-order valence-electron chi connectivity index (χ3n) is 5.20. The van der Waals surface area contributed by atoms with Crippen LogP contribution in [-0.4, -0.2) is 71.9 Å². The second kappa shape index (κ2) is 9.19. The van der Waals surface area contributed by atoms with Gasteiger partial charge in [-0.2, -0.15) is 8.42 Å². The first-order valence-electron chi connectivity index (χ1n) is 9.79. The SMILES string of the molecule is Cc1ccc(C(=O)OC[C@H]2O[C@](COS(C)(=O)=O)(n3cc(C)c(=O)[nH]c3=O)[C@H](O)[C@@H]2O)cc1. The Morgan fingerprint density at radius 3 is 2.45 bits per heavy atom. The number of rotatable bonds is 7. The fraction of sp³-hybridized carbons (Fsp3) is 0.450. The molecule has 0 spiro atoms. The van der Waals surface area contributed by atoms with Gasteiger partial charge in [0.05, 0.1) is 11.8 Å². The van der Waals surface area contributed by atoms with E-state index in [-0.39, 0.29) is 11.1 Å². The highest BCUT2D eigenvalue weighted by molar-refractivity contribution is 7.85. The van der Waals surface area contributed by atoms with E-state index in [0.29, 0.717) is 0 Å². The van der Waals surface area contributed by atoms with Gasteiger partial charge in [-0.25, -0.2) is 9.59 Å². The molecule has 2 aromatic rings. The van der Waals surface area contributed by atoms with Gasteiger partial charge < -0.3 is 19.7 Å². The van der Waals surface area contributed by atoms with Gasteiger partial charge in [0.1, 0.15) is 31.5 Å². The molecule has 180 valence electrons. The molecule has 0 bridgehead atoms. The predicted octanol–water partition coefficient (Wildman–Crippen LogP) is -1.24. The van der Waals surface area contributed by atoms with Gasteiger partial charge in [-0.3, -0.25) is 18.5 Å². The molecule has 13 heteroatoms. The first-order chi connectivity index (χ1) is 15.3. The third-order valence-corrected chi connectivity index (χ3v) is 5.74. The molecule has 0 radical (unpaired) electrons. The number of nitrogens with one attached hydrogen (secondary N) is 1. The Balaban J connectivity index is 1.91. The Morgan fingerprint density at radius 2 is 1.85 bits per heavy atom. The molecule has 3 rings (SSSR count). The van der Waals surface area contributed by atoms with Gasteiger partial charge in [0.25, 0.3) is 15.7 Å². The van der Waals surface area contributed by atoms with Crippen LogP contribution in [0.2, 0.25) is 0 Å². The lowest BCUT2D eigenvalue weighted by molar-refractivity contribution is -0.168. The molecule has 1 saturated heterocycles. The minimum Gasteiger partial charge on any atom is -0.459 e. The van der Waals surface area contributed by atoms with Crippen LogP contribution in [-0.2, 0) is 29.5 Å². The van der Waals surface area contributed by atoms with Crippen molar-refractivity contribution in [2.24, 2.45) is 0 Å². The minimum absolute atomic E-state index is 0.0490. The van der Waals surface area contributed by atoms with E-state index in [0.717, 1.165) is 22.6 Å². The summed E-state index contributed by atoms with van der Waals surface area (Å²) in [6.07, 6.45) is -3.14. The zero-order valence-electron chi connectivity index (χ0n) is 18.0. The summed E-state index contributed by atoms with van der Waals surface area (Å²) >= 11 is 0. The number of aliphatic hydroxyl groups is 2. The van der Waals surface area contributed by atoms with Gasteiger partial charge in [0, 0.05) is 11.8 Å². The van der Waals surface area contributed by atoms with E-state index < -0.39 is 64.6 Å². The molecule has 4 atom stereocenters. The maximum absolute atomic E-state index is 12.5. The van der Waals surface area contributed by atoms with Crippen LogP contribution in [0.25, 0.3) is 0 Å². The van der Waals surface area contributed by atoms with E-state index in [9.17, 15) is 33.0 Å². The quantitative estimate of drug-likeness (QED) is 0.318. The van der Waals surface area contributed by atoms with Crippen LogP contribution < -0.4 is 11.2 Å². The van der Waals surface area contributed by atoms with E-state index >= 15 is 0 Å². The summed E-state index contributed by atoms with van der Waals surface area (Å²) in [5.41, 5.74) is -2.75. The van der Waals surface area contributed by atoms with Crippen molar-refractivity contribution in [1.82, 2.24) is 9.55 Å². The van der Waals surface area contributed by atoms with Crippen LogP contribution in [0.5, 0.6) is 0 Å². The lowest BCUT2D eigenvalue weighted by Gasteiger charge is -2.33. The van der Waals surface area contributed by atoms with Crippen molar-refractivity contribution in [3.8, 4) is 0 Å². The minimum atomic E-state index is -4.06. The number of aromatic nitrogens is 2. The number of carbonyl (C=O) groups excluding carboxylic acids is 1. The number of esters is 1. The van der Waals surface area contributed by atoms with Gasteiger partial charge in [-0.15, -0.1) is 0 Å². The Morgan fingerprint density at radius 1 is 1.21 bits per heavy atom. The van der Waals surface area contributed by atoms with Crippen molar-refractivity contribution in [1.29, 1.82) is 0 Å². The molecule has 0 unspecified atom stereocenters. The Kier molecular flexibility index (Phi) is 6.91. The first-order valence-corrected chi connectivity index (χ1v) is 11.6. The molecule has 3 N–H and O–H groups in total. The van der Waals surface area contributed by atoms with Crippen LogP contribution in [0.4, 0.5) is 0 Å². The Labute approximate surface area is 188 Å². The number of ether oxygens (including phenoxy) is 2. The van der Waals surface area contributed by atoms with E-state index in [1.807, 2.05) is 11.9 Å². The predicted molar refractivity (Wildman–Crippen MR) is 113 cm³/mol. The summed E-state index contributed by atoms with van der Waals surface area (Å²) in [5.74, 6) is -0.720. The second-order valence-corrected chi connectivity index (χ2v) is 9.45. The lowest BCUT2D eigenvalue weighted by Crippen LogP contribution is -2.55. The van der Waals surface area contributed by atoms with Crippen molar-refractivity contribution < 1.29 is 37.1 Å². The largest absolute Gasteiger partial charge is 0.459 e. The summed E-state index contributed by atoms with van der Waals surface area (Å²) in [5, 5.41) is 21.3. The van der Waals surface area contributed by atoms with E-state index in [4.69, 9.17) is 13.7 Å². The highest BCUT2D eigenvalue weighted by Crippen LogP contribution is 2.36. The smallest absolute Gasteiger partial charge is 0.338 e. The number of aryl methyl sites for hydroxylation is 2. The standard InChI is InChI=1S/C20H24N2O10S/c1-11-4-6-13(7-5-11)18(26)30-9-14-15(23)16(24)20(32-14,10-31-33(3,28)29)22-8-12(2)17(25)21-19(22)27/h4-8,14-16,23-24H,9-10H2,1-3H3,(H,21,25,27)/t14-,15-,16-,20+/m1/s1. The average molecular weight is 484 g/mol. The molecule has 1 fully saturated rings. The van der Waals surface area contributed by atoms with Gasteiger partial charge >= 0.3 is 11.7 Å². The summed E-state index contributed by atoms with van der Waals surface area (Å²) < 4.78 is 39.6. The van der Waals surface area contributed by atoms with Gasteiger partial charge in [-0.1, -0.05) is 17.7 Å². The van der Waals surface area contributed by atoms with Gasteiger partial charge in [0.2, 0.25) is 5.72 Å². The average Bonchev–Trinajstić information content (AvgIpc) is 2.98. The van der Waals surface area contributed by atoms with Gasteiger partial charge in [-0.05, 0) is 26.0 Å². The number of aliphatic hydroxyl groups excluding tert-OH is 2. The van der Waals surface area contributed by atoms with Crippen molar-refractivity contribution in [3.05, 3.63) is 68.0 Å². The molecule has 12 nitrogen and oxygen atoms in total. The van der Waals surface area contributed by atoms with Crippen LogP contribution in [0.1, 0.15) is 21.5 Å². The second-order valence-electron chi connectivity index (χ2n) is 7.81. The maximum Gasteiger partial charge on any atom is 0.338 e. The molecule has 0 amide bonds. The van der Waals surface area contributed by atoms with Crippen LogP contribution in [0.3, 0.4) is 0 Å². The fourth-order valence-corrected chi connectivity index (χ4v) is 3.75. The normalized spacial score (nSPS) is 25.2. The molecule has 0 saturated carbocycles. The zero-order chi connectivity index (χ0) is 24.6. The molecule has 1 aromatic carbocycles. The molecular weight excluding hydrogens is 460 g/mol. The van der Waals surface area contributed by atoms with E-state index in [1.165, 1.54) is 6.92 Å². The highest BCUT2D eigenvalue weighted by Gasteiger charge is 2.57. The number of hydrogen-bond acceptors (Lipinski definition) is 10.